The van der Waals surface area contributed by atoms with Crippen molar-refractivity contribution in [3.63, 3.8) is 0 Å². The number of hydrogen-bond donors (Lipinski definition) is 1. The van der Waals surface area contributed by atoms with Crippen molar-refractivity contribution in [1.82, 2.24) is 5.32 Å². The molecule has 142 valence electrons. The van der Waals surface area contributed by atoms with Crippen molar-refractivity contribution in [1.29, 1.82) is 0 Å². The molecule has 0 amide bonds. The third kappa shape index (κ3) is 3.32. The highest BCUT2D eigenvalue weighted by atomic mass is 15.3. The third-order valence-corrected chi connectivity index (χ3v) is 5.81. The van der Waals surface area contributed by atoms with E-state index in [9.17, 15) is 0 Å². The Balaban J connectivity index is 1.54. The molecule has 2 heteroatoms. The summed E-state index contributed by atoms with van der Waals surface area (Å²) in [6.07, 6.45) is 0.130. The van der Waals surface area contributed by atoms with E-state index in [-0.39, 0.29) is 12.2 Å². The maximum Gasteiger partial charge on any atom is 0.106 e. The van der Waals surface area contributed by atoms with Gasteiger partial charge in [-0.05, 0) is 33.9 Å². The second-order valence-corrected chi connectivity index (χ2v) is 7.57. The van der Waals surface area contributed by atoms with Gasteiger partial charge in [-0.3, -0.25) is 5.32 Å². The van der Waals surface area contributed by atoms with Crippen molar-refractivity contribution in [3.8, 4) is 11.1 Å². The highest BCUT2D eigenvalue weighted by Crippen LogP contribution is 2.40. The summed E-state index contributed by atoms with van der Waals surface area (Å²) in [5.41, 5.74) is 7.64. The fourth-order valence-corrected chi connectivity index (χ4v) is 4.28. The van der Waals surface area contributed by atoms with E-state index < -0.39 is 0 Å². The number of hydrogen-bond acceptors (Lipinski definition) is 2. The van der Waals surface area contributed by atoms with E-state index in [1.807, 2.05) is 0 Å². The molecule has 4 aromatic rings. The van der Waals surface area contributed by atoms with Crippen molar-refractivity contribution in [2.45, 2.75) is 12.2 Å². The predicted molar refractivity (Wildman–Crippen MR) is 121 cm³/mol. The minimum atomic E-state index is 0.130. The Morgan fingerprint density at radius 1 is 0.586 bits per heavy atom. The summed E-state index contributed by atoms with van der Waals surface area (Å²) in [7, 11) is 2.16. The maximum absolute atomic E-state index is 3.88. The average Bonchev–Trinajstić information content (AvgIpc) is 2.81. The number of anilines is 1. The SMILES string of the molecule is CN1c2ccccc2C(c2ccc(-c3ccccc3)cc2)NC1c1ccccc1. The van der Waals surface area contributed by atoms with Gasteiger partial charge in [0.05, 0.1) is 6.04 Å². The van der Waals surface area contributed by atoms with E-state index in [4.69, 9.17) is 0 Å². The van der Waals surface area contributed by atoms with Crippen LogP contribution < -0.4 is 10.2 Å². The molecule has 0 aliphatic carbocycles. The first kappa shape index (κ1) is 17.7. The Labute approximate surface area is 172 Å². The molecule has 0 radical (unpaired) electrons. The van der Waals surface area contributed by atoms with Gasteiger partial charge in [0.1, 0.15) is 6.17 Å². The second-order valence-electron chi connectivity index (χ2n) is 7.57. The molecule has 1 heterocycles. The lowest BCUT2D eigenvalue weighted by Gasteiger charge is -2.41. The molecule has 0 saturated carbocycles. The van der Waals surface area contributed by atoms with Crippen LogP contribution in [0.4, 0.5) is 5.69 Å². The summed E-state index contributed by atoms with van der Waals surface area (Å²) in [4.78, 5) is 2.33. The predicted octanol–water partition coefficient (Wildman–Crippen LogP) is 6.18. The minimum absolute atomic E-state index is 0.130. The topological polar surface area (TPSA) is 15.3 Å². The zero-order chi connectivity index (χ0) is 19.6. The molecule has 1 N–H and O–H groups in total. The molecule has 29 heavy (non-hydrogen) atoms. The van der Waals surface area contributed by atoms with E-state index in [0.29, 0.717) is 0 Å². The van der Waals surface area contributed by atoms with Crippen LogP contribution in [0.15, 0.2) is 109 Å². The van der Waals surface area contributed by atoms with E-state index in [1.54, 1.807) is 0 Å². The summed E-state index contributed by atoms with van der Waals surface area (Å²) >= 11 is 0. The lowest BCUT2D eigenvalue weighted by molar-refractivity contribution is 0.454. The number of nitrogens with zero attached hydrogens (tertiary/aromatic N) is 1. The monoisotopic (exact) mass is 376 g/mol. The summed E-state index contributed by atoms with van der Waals surface area (Å²) in [6.45, 7) is 0. The Kier molecular flexibility index (Phi) is 4.63. The van der Waals surface area contributed by atoms with Gasteiger partial charge in [-0.2, -0.15) is 0 Å². The Hall–Kier alpha value is -3.36. The molecule has 2 atom stereocenters. The highest BCUT2D eigenvalue weighted by molar-refractivity contribution is 5.65. The van der Waals surface area contributed by atoms with Crippen LogP contribution in [0.2, 0.25) is 0 Å². The van der Waals surface area contributed by atoms with Crippen LogP contribution >= 0.6 is 0 Å². The van der Waals surface area contributed by atoms with Gasteiger partial charge in [-0.25, -0.2) is 0 Å². The third-order valence-electron chi connectivity index (χ3n) is 5.81. The number of para-hydroxylation sites is 1. The van der Waals surface area contributed by atoms with Crippen LogP contribution in [0.3, 0.4) is 0 Å². The van der Waals surface area contributed by atoms with Gasteiger partial charge >= 0.3 is 0 Å². The average molecular weight is 377 g/mol. The van der Waals surface area contributed by atoms with Crippen molar-refractivity contribution < 1.29 is 0 Å². The minimum Gasteiger partial charge on any atom is -0.355 e. The normalized spacial score (nSPS) is 18.3. The lowest BCUT2D eigenvalue weighted by atomic mass is 9.91. The molecule has 0 aromatic heterocycles. The summed E-state index contributed by atoms with van der Waals surface area (Å²) in [5, 5.41) is 3.88. The lowest BCUT2D eigenvalue weighted by Crippen LogP contribution is -2.43. The molecule has 4 aromatic carbocycles. The van der Waals surface area contributed by atoms with E-state index in [0.717, 1.165) is 0 Å². The van der Waals surface area contributed by atoms with E-state index >= 15 is 0 Å². The van der Waals surface area contributed by atoms with Crippen LogP contribution in [0.1, 0.15) is 28.9 Å². The fraction of sp³-hybridized carbons (Fsp3) is 0.111. The molecular weight excluding hydrogens is 352 g/mol. The Morgan fingerprint density at radius 2 is 1.17 bits per heavy atom. The molecule has 1 aliphatic heterocycles. The standard InChI is InChI=1S/C27H24N2/c1-29-25-15-9-8-14-24(25)26(28-27(29)23-12-6-3-7-13-23)22-18-16-21(17-19-22)20-10-4-2-5-11-20/h2-19,26-28H,1H3. The van der Waals surface area contributed by atoms with Gasteiger partial charge in [0.2, 0.25) is 0 Å². The molecule has 1 aliphatic rings. The van der Waals surface area contributed by atoms with Gasteiger partial charge < -0.3 is 4.90 Å². The van der Waals surface area contributed by atoms with Crippen LogP contribution in [0.5, 0.6) is 0 Å². The fourth-order valence-electron chi connectivity index (χ4n) is 4.28. The van der Waals surface area contributed by atoms with Gasteiger partial charge in [0.25, 0.3) is 0 Å². The molecule has 0 saturated heterocycles. The molecule has 0 spiro atoms. The first-order valence-corrected chi connectivity index (χ1v) is 10.1. The van der Waals surface area contributed by atoms with Crippen LogP contribution in [0.25, 0.3) is 11.1 Å². The summed E-state index contributed by atoms with van der Waals surface area (Å²) < 4.78 is 0. The van der Waals surface area contributed by atoms with Crippen molar-refractivity contribution in [2.24, 2.45) is 0 Å². The van der Waals surface area contributed by atoms with Crippen molar-refractivity contribution >= 4 is 5.69 Å². The largest absolute Gasteiger partial charge is 0.355 e. The number of fused-ring (bicyclic) bond motifs is 1. The first-order valence-electron chi connectivity index (χ1n) is 10.1. The number of nitrogens with one attached hydrogen (secondary N) is 1. The Bertz CT molecular complexity index is 1090. The molecule has 0 fully saturated rings. The van der Waals surface area contributed by atoms with E-state index in [1.165, 1.54) is 33.5 Å². The zero-order valence-corrected chi connectivity index (χ0v) is 16.5. The highest BCUT2D eigenvalue weighted by Gasteiger charge is 2.31. The maximum atomic E-state index is 3.88. The van der Waals surface area contributed by atoms with Gasteiger partial charge in [-0.1, -0.05) is 103 Å². The number of benzene rings is 4. The summed E-state index contributed by atoms with van der Waals surface area (Å²) in [6, 6.07) is 39.0. The molecule has 0 bridgehead atoms. The van der Waals surface area contributed by atoms with Crippen LogP contribution in [-0.2, 0) is 0 Å². The quantitative estimate of drug-likeness (QED) is 0.459. The van der Waals surface area contributed by atoms with Crippen molar-refractivity contribution in [3.05, 3.63) is 126 Å². The smallest absolute Gasteiger partial charge is 0.106 e. The molecule has 2 unspecified atom stereocenters. The van der Waals surface area contributed by atoms with Gasteiger partial charge in [-0.15, -0.1) is 0 Å². The van der Waals surface area contributed by atoms with Crippen molar-refractivity contribution in [2.75, 3.05) is 11.9 Å². The van der Waals surface area contributed by atoms with Crippen LogP contribution in [-0.4, -0.2) is 7.05 Å². The zero-order valence-electron chi connectivity index (χ0n) is 16.5. The second kappa shape index (κ2) is 7.57. The summed E-state index contributed by atoms with van der Waals surface area (Å²) in [5.74, 6) is 0. The van der Waals surface area contributed by atoms with E-state index in [2.05, 4.69) is 126 Å². The molecular formula is C27H24N2. The molecule has 2 nitrogen and oxygen atoms in total. The van der Waals surface area contributed by atoms with Crippen LogP contribution in [0, 0.1) is 0 Å². The van der Waals surface area contributed by atoms with Gasteiger partial charge in [0, 0.05) is 12.7 Å². The Morgan fingerprint density at radius 3 is 1.90 bits per heavy atom. The number of rotatable bonds is 3. The first-order chi connectivity index (χ1) is 14.3. The van der Waals surface area contributed by atoms with Gasteiger partial charge in [0.15, 0.2) is 0 Å². The molecule has 5 rings (SSSR count).